The lowest BCUT2D eigenvalue weighted by molar-refractivity contribution is -0.125. The molecule has 2 aromatic heterocycles. The first-order valence-electron chi connectivity index (χ1n) is 11.2. The molecule has 1 unspecified atom stereocenters. The van der Waals surface area contributed by atoms with Crippen molar-refractivity contribution in [2.75, 3.05) is 25.5 Å². The van der Waals surface area contributed by atoms with Gasteiger partial charge in [-0.3, -0.25) is 9.59 Å². The fraction of sp³-hybridized carbons (Fsp3) is 0.333. The highest BCUT2D eigenvalue weighted by Gasteiger charge is 2.31. The summed E-state index contributed by atoms with van der Waals surface area (Å²) in [5.74, 6) is 2.76. The van der Waals surface area contributed by atoms with Crippen molar-refractivity contribution in [2.45, 2.75) is 31.3 Å². The number of hydrogen-bond donors (Lipinski definition) is 2. The van der Waals surface area contributed by atoms with Crippen LogP contribution in [0.3, 0.4) is 0 Å². The van der Waals surface area contributed by atoms with Crippen LogP contribution < -0.4 is 11.1 Å². The SMILES string of the molecule is C=CC(=O)N1CCC(n2nc(C#Cc3c(F)cc4c(ncn4C4CC4)c3F)c(C(N)=O)c2NC)C1. The Morgan fingerprint density at radius 3 is 2.69 bits per heavy atom. The molecule has 3 aromatic rings. The maximum absolute atomic E-state index is 15.1. The number of carbonyl (C=O) groups is 2. The minimum absolute atomic E-state index is 0.00778. The Bertz CT molecular complexity index is 1440. The molecule has 11 heteroatoms. The van der Waals surface area contributed by atoms with Crippen molar-refractivity contribution in [2.24, 2.45) is 5.73 Å². The molecule has 1 atom stereocenters. The minimum Gasteiger partial charge on any atom is -0.373 e. The molecule has 5 rings (SSSR count). The second kappa shape index (κ2) is 8.54. The molecule has 1 aliphatic heterocycles. The van der Waals surface area contributed by atoms with Crippen molar-refractivity contribution in [1.29, 1.82) is 0 Å². The van der Waals surface area contributed by atoms with E-state index < -0.39 is 23.1 Å². The van der Waals surface area contributed by atoms with Crippen LogP contribution in [0.25, 0.3) is 11.0 Å². The number of aromatic nitrogens is 4. The lowest BCUT2D eigenvalue weighted by Gasteiger charge is -2.16. The molecular weight excluding hydrogens is 456 g/mol. The highest BCUT2D eigenvalue weighted by atomic mass is 19.1. The Morgan fingerprint density at radius 1 is 1.26 bits per heavy atom. The standard InChI is InChI=1S/C24H23F2N7O2/c1-3-19(34)31-9-8-14(11-31)33-24(28-2)20(23(27)35)17(30-33)7-6-15-16(25)10-18-22(21(15)26)29-12-32(18)13-4-5-13/h3,10,12-14,28H,1,4-5,8-9,11H2,2H3,(H2,27,35). The number of amides is 2. The summed E-state index contributed by atoms with van der Waals surface area (Å²) < 4.78 is 33.3. The molecule has 0 radical (unpaired) electrons. The van der Waals surface area contributed by atoms with Crippen molar-refractivity contribution >= 4 is 28.7 Å². The Balaban J connectivity index is 1.55. The van der Waals surface area contributed by atoms with Crippen LogP contribution in [-0.4, -0.2) is 56.2 Å². The predicted octanol–water partition coefficient (Wildman–Crippen LogP) is 2.35. The van der Waals surface area contributed by atoms with Crippen LogP contribution in [-0.2, 0) is 4.79 Å². The number of anilines is 1. The molecule has 3 N–H and O–H groups in total. The molecule has 1 aromatic carbocycles. The van der Waals surface area contributed by atoms with E-state index >= 15 is 4.39 Å². The number of imidazole rings is 1. The van der Waals surface area contributed by atoms with Gasteiger partial charge in [0.2, 0.25) is 5.91 Å². The molecule has 1 saturated heterocycles. The Labute approximate surface area is 199 Å². The Kier molecular flexibility index (Phi) is 5.51. The second-order valence-electron chi connectivity index (χ2n) is 8.61. The van der Waals surface area contributed by atoms with Gasteiger partial charge < -0.3 is 20.5 Å². The van der Waals surface area contributed by atoms with E-state index in [0.29, 0.717) is 30.8 Å². The molecule has 0 bridgehead atoms. The first-order chi connectivity index (χ1) is 16.8. The highest BCUT2D eigenvalue weighted by molar-refractivity contribution is 6.00. The Morgan fingerprint density at radius 2 is 2.03 bits per heavy atom. The number of nitrogens with two attached hydrogens (primary N) is 1. The number of hydrogen-bond acceptors (Lipinski definition) is 5. The molecule has 2 aliphatic rings. The van der Waals surface area contributed by atoms with Gasteiger partial charge in [0.05, 0.1) is 23.4 Å². The fourth-order valence-corrected chi connectivity index (χ4v) is 4.51. The van der Waals surface area contributed by atoms with Crippen molar-refractivity contribution in [3.8, 4) is 11.8 Å². The van der Waals surface area contributed by atoms with Gasteiger partial charge in [-0.15, -0.1) is 0 Å². The average molecular weight is 479 g/mol. The number of nitrogens with zero attached hydrogens (tertiary/aromatic N) is 5. The summed E-state index contributed by atoms with van der Waals surface area (Å²) in [5.41, 5.74) is 5.55. The highest BCUT2D eigenvalue weighted by Crippen LogP contribution is 2.38. The van der Waals surface area contributed by atoms with E-state index in [9.17, 15) is 14.0 Å². The van der Waals surface area contributed by atoms with Crippen molar-refractivity contribution in [3.63, 3.8) is 0 Å². The summed E-state index contributed by atoms with van der Waals surface area (Å²) in [6.45, 7) is 4.36. The molecule has 2 fully saturated rings. The number of rotatable bonds is 5. The monoisotopic (exact) mass is 479 g/mol. The normalized spacial score (nSPS) is 17.3. The average Bonchev–Trinajstić information content (AvgIpc) is 3.25. The van der Waals surface area contributed by atoms with Gasteiger partial charge in [0.15, 0.2) is 11.5 Å². The number of nitrogens with one attached hydrogen (secondary N) is 1. The van der Waals surface area contributed by atoms with E-state index in [4.69, 9.17) is 5.73 Å². The van der Waals surface area contributed by atoms with Gasteiger partial charge in [-0.1, -0.05) is 12.5 Å². The van der Waals surface area contributed by atoms with Gasteiger partial charge in [-0.2, -0.15) is 5.10 Å². The molecule has 3 heterocycles. The van der Waals surface area contributed by atoms with E-state index in [0.717, 1.165) is 12.8 Å². The number of benzene rings is 1. The summed E-state index contributed by atoms with van der Waals surface area (Å²) in [5, 5.41) is 7.34. The smallest absolute Gasteiger partial charge is 0.255 e. The molecule has 0 spiro atoms. The summed E-state index contributed by atoms with van der Waals surface area (Å²) in [4.78, 5) is 30.0. The van der Waals surface area contributed by atoms with Crippen LogP contribution in [0.15, 0.2) is 25.0 Å². The maximum atomic E-state index is 15.1. The van der Waals surface area contributed by atoms with Crippen LogP contribution in [0.5, 0.6) is 0 Å². The fourth-order valence-electron chi connectivity index (χ4n) is 4.51. The lowest BCUT2D eigenvalue weighted by atomic mass is 10.1. The molecule has 2 amide bonds. The summed E-state index contributed by atoms with van der Waals surface area (Å²) in [7, 11) is 1.60. The number of carbonyl (C=O) groups excluding carboxylic acids is 2. The van der Waals surface area contributed by atoms with Gasteiger partial charge in [0.25, 0.3) is 5.91 Å². The van der Waals surface area contributed by atoms with Gasteiger partial charge in [0, 0.05) is 32.2 Å². The van der Waals surface area contributed by atoms with Gasteiger partial charge in [0.1, 0.15) is 22.7 Å². The topological polar surface area (TPSA) is 111 Å². The molecule has 1 saturated carbocycles. The third-order valence-corrected chi connectivity index (χ3v) is 6.40. The second-order valence-corrected chi connectivity index (χ2v) is 8.61. The minimum atomic E-state index is -0.866. The summed E-state index contributed by atoms with van der Waals surface area (Å²) in [6, 6.07) is 1.20. The first kappa shape index (κ1) is 22.6. The van der Waals surface area contributed by atoms with Crippen LogP contribution in [0, 0.1) is 23.5 Å². The van der Waals surface area contributed by atoms with E-state index in [1.807, 2.05) is 0 Å². The van der Waals surface area contributed by atoms with E-state index in [1.54, 1.807) is 21.2 Å². The number of primary amides is 1. The molecule has 35 heavy (non-hydrogen) atoms. The van der Waals surface area contributed by atoms with Crippen molar-refractivity contribution in [1.82, 2.24) is 24.2 Å². The maximum Gasteiger partial charge on any atom is 0.255 e. The van der Waals surface area contributed by atoms with Crippen LogP contribution in [0.2, 0.25) is 0 Å². The quantitative estimate of drug-likeness (QED) is 0.431. The molecular formula is C24H23F2N7O2. The van der Waals surface area contributed by atoms with Crippen molar-refractivity contribution in [3.05, 3.63) is 53.5 Å². The third-order valence-electron chi connectivity index (χ3n) is 6.40. The molecule has 1 aliphatic carbocycles. The zero-order valence-electron chi connectivity index (χ0n) is 19.0. The third kappa shape index (κ3) is 3.80. The van der Waals surface area contributed by atoms with Gasteiger partial charge in [-0.05, 0) is 31.3 Å². The molecule has 9 nitrogen and oxygen atoms in total. The Hall–Kier alpha value is -4.20. The zero-order chi connectivity index (χ0) is 24.9. The van der Waals surface area contributed by atoms with E-state index in [-0.39, 0.29) is 34.8 Å². The summed E-state index contributed by atoms with van der Waals surface area (Å²) >= 11 is 0. The largest absolute Gasteiger partial charge is 0.373 e. The number of fused-ring (bicyclic) bond motifs is 1. The first-order valence-corrected chi connectivity index (χ1v) is 11.2. The van der Waals surface area contributed by atoms with E-state index in [1.165, 1.54) is 18.5 Å². The van der Waals surface area contributed by atoms with E-state index in [2.05, 4.69) is 33.8 Å². The summed E-state index contributed by atoms with van der Waals surface area (Å²) in [6.07, 6.45) is 5.23. The van der Waals surface area contributed by atoms with Crippen molar-refractivity contribution < 1.29 is 18.4 Å². The molecule has 180 valence electrons. The number of likely N-dealkylation sites (tertiary alicyclic amines) is 1. The van der Waals surface area contributed by atoms with Gasteiger partial charge in [-0.25, -0.2) is 18.4 Å². The zero-order valence-corrected chi connectivity index (χ0v) is 19.0. The van der Waals surface area contributed by atoms with Crippen LogP contribution >= 0.6 is 0 Å². The predicted molar refractivity (Wildman–Crippen MR) is 125 cm³/mol. The number of halogens is 2. The van der Waals surface area contributed by atoms with Crippen LogP contribution in [0.4, 0.5) is 14.6 Å². The van der Waals surface area contributed by atoms with Gasteiger partial charge >= 0.3 is 0 Å². The lowest BCUT2D eigenvalue weighted by Crippen LogP contribution is -2.27. The van der Waals surface area contributed by atoms with Crippen LogP contribution in [0.1, 0.15) is 53.0 Å².